The molecule has 9 nitrogen and oxygen atoms in total. The third-order valence-electron chi connectivity index (χ3n) is 9.87. The minimum Gasteiger partial charge on any atom is -0.508 e. The summed E-state index contributed by atoms with van der Waals surface area (Å²) >= 11 is 0. The monoisotopic (exact) mass is 626 g/mol. The average Bonchev–Trinajstić information content (AvgIpc) is 3.32. The number of anilines is 2. The van der Waals surface area contributed by atoms with Gasteiger partial charge in [0.05, 0.1) is 28.9 Å². The van der Waals surface area contributed by atoms with E-state index in [-0.39, 0.29) is 35.6 Å². The number of carbonyl (C=O) groups excluding carboxylic acids is 4. The van der Waals surface area contributed by atoms with Crippen LogP contribution in [0.4, 0.5) is 22.7 Å². The zero-order chi connectivity index (χ0) is 33.1. The normalized spacial score (nSPS) is 23.9. The maximum atomic E-state index is 14.2. The van der Waals surface area contributed by atoms with E-state index in [0.717, 1.165) is 16.8 Å². The van der Waals surface area contributed by atoms with Crippen LogP contribution in [-0.4, -0.2) is 42.6 Å². The second-order valence-electron chi connectivity index (χ2n) is 12.9. The van der Waals surface area contributed by atoms with E-state index in [1.54, 1.807) is 50.2 Å². The van der Waals surface area contributed by atoms with Crippen molar-refractivity contribution in [3.63, 3.8) is 0 Å². The molecule has 1 saturated heterocycles. The van der Waals surface area contributed by atoms with E-state index >= 15 is 0 Å². The van der Waals surface area contributed by atoms with Gasteiger partial charge in [-0.2, -0.15) is 10.2 Å². The highest BCUT2D eigenvalue weighted by molar-refractivity contribution is 6.25. The number of aryl methyl sites for hydroxylation is 1. The number of allylic oxidation sites excluding steroid dienone is 6. The first-order chi connectivity index (χ1) is 22.5. The lowest BCUT2D eigenvalue weighted by atomic mass is 9.59. The summed E-state index contributed by atoms with van der Waals surface area (Å²) in [4.78, 5) is 58.2. The molecule has 4 atom stereocenters. The van der Waals surface area contributed by atoms with Gasteiger partial charge in [0, 0.05) is 42.4 Å². The van der Waals surface area contributed by atoms with Crippen molar-refractivity contribution in [1.29, 1.82) is 0 Å². The van der Waals surface area contributed by atoms with Crippen molar-refractivity contribution in [3.8, 4) is 5.75 Å². The van der Waals surface area contributed by atoms with E-state index in [0.29, 0.717) is 45.8 Å². The topological polar surface area (TPSA) is 120 Å². The number of fused-ring (bicyclic) bond motifs is 3. The number of ketones is 2. The van der Waals surface area contributed by atoms with Crippen LogP contribution in [0.1, 0.15) is 36.8 Å². The number of benzene rings is 3. The smallest absolute Gasteiger partial charge is 0.238 e. The second kappa shape index (κ2) is 11.4. The van der Waals surface area contributed by atoms with Crippen molar-refractivity contribution in [2.24, 2.45) is 28.0 Å². The second-order valence-corrected chi connectivity index (χ2v) is 12.9. The predicted molar refractivity (Wildman–Crippen MR) is 178 cm³/mol. The van der Waals surface area contributed by atoms with E-state index in [1.165, 1.54) is 11.0 Å². The number of amides is 2. The van der Waals surface area contributed by atoms with Crippen LogP contribution in [0.3, 0.4) is 0 Å². The summed E-state index contributed by atoms with van der Waals surface area (Å²) in [6, 6.07) is 19.7. The quantitative estimate of drug-likeness (QED) is 0.144. The highest BCUT2D eigenvalue weighted by Gasteiger charge is 2.56. The van der Waals surface area contributed by atoms with Gasteiger partial charge < -0.3 is 10.0 Å². The molecule has 47 heavy (non-hydrogen) atoms. The molecule has 236 valence electrons. The lowest BCUT2D eigenvalue weighted by Crippen LogP contribution is -2.39. The van der Waals surface area contributed by atoms with Gasteiger partial charge in [-0.1, -0.05) is 23.8 Å². The molecule has 0 radical (unpaired) electrons. The van der Waals surface area contributed by atoms with E-state index in [1.807, 2.05) is 55.4 Å². The van der Waals surface area contributed by atoms with Gasteiger partial charge in [-0.05, 0) is 104 Å². The summed E-state index contributed by atoms with van der Waals surface area (Å²) in [6.07, 6.45) is 3.94. The molecule has 0 aromatic heterocycles. The summed E-state index contributed by atoms with van der Waals surface area (Å²) in [6.45, 7) is 3.43. The van der Waals surface area contributed by atoms with Crippen molar-refractivity contribution in [1.82, 2.24) is 0 Å². The number of phenols is 1. The summed E-state index contributed by atoms with van der Waals surface area (Å²) in [7, 11) is 3.93. The maximum absolute atomic E-state index is 14.2. The van der Waals surface area contributed by atoms with Crippen LogP contribution in [0.5, 0.6) is 5.75 Å². The lowest BCUT2D eigenvalue weighted by Gasteiger charge is -2.42. The fourth-order valence-electron chi connectivity index (χ4n) is 7.45. The Labute approximate surface area is 272 Å². The van der Waals surface area contributed by atoms with Crippen LogP contribution in [-0.2, 0) is 19.2 Å². The summed E-state index contributed by atoms with van der Waals surface area (Å²) < 4.78 is 0. The largest absolute Gasteiger partial charge is 0.508 e. The SMILES string of the molecule is CC1=CC(=O)C2=C(C1=O)[C@@H](c1ccc(O)c(C)c1)C1=CC[C@@H]3C(=O)N(c4ccc(N=Nc5ccc(N(C)C)cc5)cc4)C(=O)[C@@H]3[C@@H]1C2. The fourth-order valence-corrected chi connectivity index (χ4v) is 7.45. The van der Waals surface area contributed by atoms with Gasteiger partial charge in [0.25, 0.3) is 0 Å². The van der Waals surface area contributed by atoms with Gasteiger partial charge in [0.15, 0.2) is 11.6 Å². The molecule has 3 aromatic carbocycles. The highest BCUT2D eigenvalue weighted by atomic mass is 16.3. The number of imide groups is 1. The van der Waals surface area contributed by atoms with Gasteiger partial charge in [-0.15, -0.1) is 0 Å². The Bertz CT molecular complexity index is 1980. The molecule has 1 aliphatic heterocycles. The number of nitrogens with zero attached hydrogens (tertiary/aromatic N) is 4. The molecular weight excluding hydrogens is 592 g/mol. The number of hydrogen-bond donors (Lipinski definition) is 1. The number of carbonyl (C=O) groups is 4. The molecule has 3 aliphatic carbocycles. The Hall–Kier alpha value is -5.44. The van der Waals surface area contributed by atoms with Crippen molar-refractivity contribution in [2.75, 3.05) is 23.9 Å². The molecule has 3 aromatic rings. The molecule has 0 bridgehead atoms. The van der Waals surface area contributed by atoms with E-state index in [4.69, 9.17) is 0 Å². The van der Waals surface area contributed by atoms with Gasteiger partial charge in [0.2, 0.25) is 11.8 Å². The number of Topliss-reactive ketones (excluding diaryl/α,β-unsaturated/α-hetero) is 1. The van der Waals surface area contributed by atoms with Gasteiger partial charge in [0.1, 0.15) is 5.75 Å². The first kappa shape index (κ1) is 30.2. The first-order valence-electron chi connectivity index (χ1n) is 15.7. The molecule has 1 heterocycles. The van der Waals surface area contributed by atoms with Gasteiger partial charge >= 0.3 is 0 Å². The van der Waals surface area contributed by atoms with Crippen LogP contribution < -0.4 is 9.80 Å². The zero-order valence-corrected chi connectivity index (χ0v) is 26.6. The number of azo groups is 1. The van der Waals surface area contributed by atoms with E-state index < -0.39 is 23.7 Å². The van der Waals surface area contributed by atoms with Crippen LogP contribution in [0, 0.1) is 24.7 Å². The Morgan fingerprint density at radius 2 is 1.49 bits per heavy atom. The molecule has 2 amide bonds. The summed E-state index contributed by atoms with van der Waals surface area (Å²) in [5, 5.41) is 18.9. The number of hydrogen-bond acceptors (Lipinski definition) is 8. The molecule has 0 spiro atoms. The van der Waals surface area contributed by atoms with Crippen LogP contribution >= 0.6 is 0 Å². The van der Waals surface area contributed by atoms with Crippen molar-refractivity contribution < 1.29 is 24.3 Å². The number of phenolic OH excluding ortho intramolecular Hbond substituents is 1. The Kier molecular flexibility index (Phi) is 7.34. The number of rotatable bonds is 5. The third kappa shape index (κ3) is 5.02. The third-order valence-corrected chi connectivity index (χ3v) is 9.87. The van der Waals surface area contributed by atoms with Crippen molar-refractivity contribution in [2.45, 2.75) is 32.6 Å². The Morgan fingerprint density at radius 3 is 2.13 bits per heavy atom. The Morgan fingerprint density at radius 1 is 0.830 bits per heavy atom. The molecular formula is C38H34N4O5. The van der Waals surface area contributed by atoms with E-state index in [9.17, 15) is 24.3 Å². The molecule has 7 rings (SSSR count). The minimum absolute atomic E-state index is 0.133. The van der Waals surface area contributed by atoms with Gasteiger partial charge in [-0.3, -0.25) is 24.1 Å². The fraction of sp³-hybridized carbons (Fsp3) is 0.263. The molecule has 0 unspecified atom stereocenters. The van der Waals surface area contributed by atoms with Crippen LogP contribution in [0.15, 0.2) is 111 Å². The van der Waals surface area contributed by atoms with E-state index in [2.05, 4.69) is 10.2 Å². The lowest BCUT2D eigenvalue weighted by molar-refractivity contribution is -0.123. The summed E-state index contributed by atoms with van der Waals surface area (Å²) in [5.74, 6) is -3.09. The van der Waals surface area contributed by atoms with Crippen LogP contribution in [0.25, 0.3) is 0 Å². The average molecular weight is 627 g/mol. The summed E-state index contributed by atoms with van der Waals surface area (Å²) in [5.41, 5.74) is 6.30. The molecule has 4 aliphatic rings. The molecule has 0 saturated carbocycles. The predicted octanol–water partition coefficient (Wildman–Crippen LogP) is 6.82. The van der Waals surface area contributed by atoms with Gasteiger partial charge in [-0.25, -0.2) is 0 Å². The maximum Gasteiger partial charge on any atom is 0.238 e. The number of aromatic hydroxyl groups is 1. The zero-order valence-electron chi connectivity index (χ0n) is 26.6. The highest BCUT2D eigenvalue weighted by Crippen LogP contribution is 2.55. The molecule has 1 N–H and O–H groups in total. The standard InChI is InChI=1S/C38H34N4O5/c1-20-17-22(5-16-31(20)43)33-27-14-15-28-34(29(27)19-30-32(44)18-21(2)36(45)35(30)33)38(47)42(37(28)46)26-12-8-24(9-13-26)40-39-23-6-10-25(11-7-23)41(3)4/h5-14,16-18,28-29,33-34,43H,15,19H2,1-4H3/t28-,29+,33-,34-/m0/s1. The van der Waals surface area contributed by atoms with Crippen molar-refractivity contribution >= 4 is 46.1 Å². The minimum atomic E-state index is -0.670. The molecule has 9 heteroatoms. The Balaban J connectivity index is 1.19. The molecule has 1 fully saturated rings. The van der Waals surface area contributed by atoms with Crippen molar-refractivity contribution in [3.05, 3.63) is 112 Å². The first-order valence-corrected chi connectivity index (χ1v) is 15.7. The van der Waals surface area contributed by atoms with Crippen LogP contribution in [0.2, 0.25) is 0 Å².